The molecule has 0 spiro atoms. The van der Waals surface area contributed by atoms with Crippen LogP contribution in [0, 0.1) is 11.8 Å². The lowest BCUT2D eigenvalue weighted by Gasteiger charge is -2.14. The number of ether oxygens (including phenoxy) is 1. The fraction of sp³-hybridized carbons (Fsp3) is 0.167. The molecule has 1 heterocycles. The standard InChI is InChI=1S/C24H20F2N2O2/c25-22-13-16(14-28-23(22)26)7-5-6-12-27-24(29)30-15-21-19-10-3-1-8-17(19)18-9-2-4-11-20(18)21/h1-5,7-11,13-14,21H,6,12,15H2,(H,27,29). The van der Waals surface area contributed by atoms with Crippen molar-refractivity contribution in [1.29, 1.82) is 0 Å². The van der Waals surface area contributed by atoms with Gasteiger partial charge >= 0.3 is 6.09 Å². The van der Waals surface area contributed by atoms with Crippen LogP contribution >= 0.6 is 0 Å². The highest BCUT2D eigenvalue weighted by Gasteiger charge is 2.28. The molecule has 2 aromatic carbocycles. The number of amides is 1. The van der Waals surface area contributed by atoms with Gasteiger partial charge in [-0.3, -0.25) is 0 Å². The molecule has 0 fully saturated rings. The predicted molar refractivity (Wildman–Crippen MR) is 111 cm³/mol. The fourth-order valence-electron chi connectivity index (χ4n) is 3.65. The van der Waals surface area contributed by atoms with Gasteiger partial charge in [0.1, 0.15) is 6.61 Å². The maximum absolute atomic E-state index is 13.1. The number of alkyl carbamates (subject to hydrolysis) is 1. The Balaban J connectivity index is 1.27. The molecule has 6 heteroatoms. The zero-order valence-electron chi connectivity index (χ0n) is 16.1. The number of aromatic nitrogens is 1. The molecular weight excluding hydrogens is 386 g/mol. The molecule has 1 aliphatic rings. The van der Waals surface area contributed by atoms with Crippen molar-refractivity contribution in [3.8, 4) is 11.1 Å². The van der Waals surface area contributed by atoms with Crippen LogP contribution in [0.2, 0.25) is 0 Å². The van der Waals surface area contributed by atoms with E-state index in [2.05, 4.69) is 34.6 Å². The topological polar surface area (TPSA) is 51.2 Å². The Kier molecular flexibility index (Phi) is 5.84. The summed E-state index contributed by atoms with van der Waals surface area (Å²) in [6.45, 7) is 0.626. The second kappa shape index (κ2) is 8.86. The highest BCUT2D eigenvalue weighted by atomic mass is 19.2. The third-order valence-electron chi connectivity index (χ3n) is 5.05. The van der Waals surface area contributed by atoms with E-state index in [-0.39, 0.29) is 12.5 Å². The molecule has 0 unspecified atom stereocenters. The van der Waals surface area contributed by atoms with Crippen LogP contribution in [0.25, 0.3) is 17.2 Å². The fourth-order valence-corrected chi connectivity index (χ4v) is 3.65. The number of carbonyl (C=O) groups is 1. The van der Waals surface area contributed by atoms with Gasteiger partial charge in [0.2, 0.25) is 5.95 Å². The lowest BCUT2D eigenvalue weighted by atomic mass is 9.98. The van der Waals surface area contributed by atoms with Gasteiger partial charge in [0.25, 0.3) is 0 Å². The number of hydrogen-bond acceptors (Lipinski definition) is 3. The average molecular weight is 406 g/mol. The first-order valence-electron chi connectivity index (χ1n) is 9.70. The summed E-state index contributed by atoms with van der Waals surface area (Å²) in [6, 6.07) is 17.4. The number of halogens is 2. The minimum absolute atomic E-state index is 0.0175. The Morgan fingerprint density at radius 2 is 1.73 bits per heavy atom. The summed E-state index contributed by atoms with van der Waals surface area (Å²) in [4.78, 5) is 15.4. The second-order valence-corrected chi connectivity index (χ2v) is 6.98. The van der Waals surface area contributed by atoms with E-state index in [0.717, 1.165) is 17.2 Å². The first-order chi connectivity index (χ1) is 14.6. The normalized spacial score (nSPS) is 12.6. The van der Waals surface area contributed by atoms with Crippen molar-refractivity contribution in [3.63, 3.8) is 0 Å². The summed E-state index contributed by atoms with van der Waals surface area (Å²) < 4.78 is 31.4. The molecule has 1 aromatic heterocycles. The molecule has 4 nitrogen and oxygen atoms in total. The molecule has 30 heavy (non-hydrogen) atoms. The monoisotopic (exact) mass is 406 g/mol. The summed E-state index contributed by atoms with van der Waals surface area (Å²) in [5.74, 6) is -2.10. The lowest BCUT2D eigenvalue weighted by molar-refractivity contribution is 0.143. The Labute approximate surface area is 173 Å². The molecule has 3 aromatic rings. The van der Waals surface area contributed by atoms with Crippen molar-refractivity contribution in [1.82, 2.24) is 10.3 Å². The number of benzene rings is 2. The van der Waals surface area contributed by atoms with Crippen molar-refractivity contribution in [2.75, 3.05) is 13.2 Å². The van der Waals surface area contributed by atoms with Gasteiger partial charge in [-0.25, -0.2) is 14.2 Å². The molecule has 0 radical (unpaired) electrons. The molecule has 0 bridgehead atoms. The van der Waals surface area contributed by atoms with Crippen molar-refractivity contribution in [2.45, 2.75) is 12.3 Å². The number of nitrogens with zero attached hydrogens (tertiary/aromatic N) is 1. The van der Waals surface area contributed by atoms with Crippen LogP contribution in [0.3, 0.4) is 0 Å². The summed E-state index contributed by atoms with van der Waals surface area (Å²) in [7, 11) is 0. The van der Waals surface area contributed by atoms with Crippen molar-refractivity contribution >= 4 is 12.2 Å². The first kappa shape index (κ1) is 19.8. The smallest absolute Gasteiger partial charge is 0.407 e. The number of fused-ring (bicyclic) bond motifs is 3. The Morgan fingerprint density at radius 3 is 2.40 bits per heavy atom. The van der Waals surface area contributed by atoms with E-state index in [9.17, 15) is 13.6 Å². The van der Waals surface area contributed by atoms with Gasteiger partial charge in [-0.05, 0) is 40.3 Å². The average Bonchev–Trinajstić information content (AvgIpc) is 3.08. The van der Waals surface area contributed by atoms with E-state index in [1.54, 1.807) is 12.2 Å². The van der Waals surface area contributed by atoms with E-state index in [0.29, 0.717) is 18.5 Å². The third-order valence-corrected chi connectivity index (χ3v) is 5.05. The Morgan fingerprint density at radius 1 is 1.07 bits per heavy atom. The van der Waals surface area contributed by atoms with Crippen LogP contribution in [0.1, 0.15) is 29.0 Å². The number of nitrogens with one attached hydrogen (secondary N) is 1. The summed E-state index contributed by atoms with van der Waals surface area (Å²) in [5.41, 5.74) is 5.14. The van der Waals surface area contributed by atoms with Crippen LogP contribution in [0.15, 0.2) is 66.9 Å². The molecule has 0 aliphatic heterocycles. The van der Waals surface area contributed by atoms with Crippen LogP contribution in [-0.4, -0.2) is 24.2 Å². The molecule has 1 N–H and O–H groups in total. The van der Waals surface area contributed by atoms with Crippen LogP contribution in [0.4, 0.5) is 13.6 Å². The number of rotatable bonds is 6. The minimum atomic E-state index is -1.12. The van der Waals surface area contributed by atoms with E-state index >= 15 is 0 Å². The molecular formula is C24H20F2N2O2. The van der Waals surface area contributed by atoms with Crippen molar-refractivity contribution in [3.05, 3.63) is 95.3 Å². The van der Waals surface area contributed by atoms with Gasteiger partial charge in [-0.15, -0.1) is 0 Å². The second-order valence-electron chi connectivity index (χ2n) is 6.98. The van der Waals surface area contributed by atoms with E-state index in [4.69, 9.17) is 4.74 Å². The number of pyridine rings is 1. The molecule has 1 aliphatic carbocycles. The lowest BCUT2D eigenvalue weighted by Crippen LogP contribution is -2.26. The van der Waals surface area contributed by atoms with Gasteiger partial charge < -0.3 is 10.1 Å². The minimum Gasteiger partial charge on any atom is -0.449 e. The third kappa shape index (κ3) is 4.22. The molecule has 0 atom stereocenters. The van der Waals surface area contributed by atoms with Crippen molar-refractivity contribution < 1.29 is 18.3 Å². The number of carbonyl (C=O) groups excluding carboxylic acids is 1. The van der Waals surface area contributed by atoms with E-state index in [1.807, 2.05) is 24.3 Å². The van der Waals surface area contributed by atoms with Gasteiger partial charge in [-0.1, -0.05) is 60.7 Å². The first-order valence-corrected chi connectivity index (χ1v) is 9.70. The summed E-state index contributed by atoms with van der Waals surface area (Å²) in [6.07, 6.45) is 4.64. The van der Waals surface area contributed by atoms with Gasteiger partial charge in [0.05, 0.1) is 0 Å². The van der Waals surface area contributed by atoms with Gasteiger partial charge in [0.15, 0.2) is 5.82 Å². The molecule has 0 saturated heterocycles. The molecule has 0 saturated carbocycles. The van der Waals surface area contributed by atoms with Crippen LogP contribution < -0.4 is 5.32 Å². The molecule has 1 amide bonds. The maximum atomic E-state index is 13.1. The van der Waals surface area contributed by atoms with Gasteiger partial charge in [-0.2, -0.15) is 4.39 Å². The quantitative estimate of drug-likeness (QED) is 0.446. The predicted octanol–water partition coefficient (Wildman–Crippen LogP) is 5.30. The van der Waals surface area contributed by atoms with E-state index < -0.39 is 17.9 Å². The molecule has 4 rings (SSSR count). The maximum Gasteiger partial charge on any atom is 0.407 e. The zero-order valence-corrected chi connectivity index (χ0v) is 16.1. The summed E-state index contributed by atoms with van der Waals surface area (Å²) in [5, 5.41) is 2.70. The largest absolute Gasteiger partial charge is 0.449 e. The van der Waals surface area contributed by atoms with Crippen LogP contribution in [-0.2, 0) is 4.74 Å². The van der Waals surface area contributed by atoms with Crippen molar-refractivity contribution in [2.24, 2.45) is 0 Å². The highest BCUT2D eigenvalue weighted by Crippen LogP contribution is 2.44. The summed E-state index contributed by atoms with van der Waals surface area (Å²) >= 11 is 0. The Hall–Kier alpha value is -3.54. The SMILES string of the molecule is O=C(NCCC=Cc1cnc(F)c(F)c1)OCC1c2ccccc2-c2ccccc21. The Bertz CT molecular complexity index is 1050. The molecule has 152 valence electrons. The van der Waals surface area contributed by atoms with E-state index in [1.165, 1.54) is 17.3 Å². The number of hydrogen-bond donors (Lipinski definition) is 1. The van der Waals surface area contributed by atoms with Gasteiger partial charge in [0, 0.05) is 18.7 Å². The highest BCUT2D eigenvalue weighted by molar-refractivity contribution is 5.79. The zero-order chi connectivity index (χ0) is 20.9. The van der Waals surface area contributed by atoms with Crippen LogP contribution in [0.5, 0.6) is 0 Å².